The molecule has 0 heterocycles. The van der Waals surface area contributed by atoms with Crippen LogP contribution in [-0.4, -0.2) is 19.7 Å². The third-order valence-electron chi connectivity index (χ3n) is 2.90. The van der Waals surface area contributed by atoms with E-state index in [9.17, 15) is 0 Å². The Hall–Kier alpha value is -0.860. The molecule has 0 amide bonds. The fraction of sp³-hybridized carbons (Fsp3) is 0.600. The van der Waals surface area contributed by atoms with Gasteiger partial charge in [0.05, 0.1) is 6.61 Å². The second-order valence-corrected chi connectivity index (χ2v) is 4.48. The summed E-state index contributed by atoms with van der Waals surface area (Å²) >= 11 is 0. The highest BCUT2D eigenvalue weighted by atomic mass is 16.5. The summed E-state index contributed by atoms with van der Waals surface area (Å²) in [6.45, 7) is 10.1. The molecule has 96 valence electrons. The van der Waals surface area contributed by atoms with Crippen molar-refractivity contribution in [2.45, 2.75) is 39.7 Å². The third kappa shape index (κ3) is 5.33. The van der Waals surface area contributed by atoms with Gasteiger partial charge in [-0.1, -0.05) is 38.1 Å². The molecule has 0 aliphatic carbocycles. The molecule has 2 heteroatoms. The minimum Gasteiger partial charge on any atom is -0.377 e. The van der Waals surface area contributed by atoms with E-state index in [4.69, 9.17) is 4.74 Å². The molecule has 1 aromatic rings. The molecular formula is C15H25NO. The van der Waals surface area contributed by atoms with Gasteiger partial charge in [-0.2, -0.15) is 0 Å². The molecule has 1 atom stereocenters. The summed E-state index contributed by atoms with van der Waals surface area (Å²) in [6, 6.07) is 8.77. The predicted molar refractivity (Wildman–Crippen MR) is 73.3 cm³/mol. The van der Waals surface area contributed by atoms with E-state index in [1.165, 1.54) is 17.5 Å². The Bertz CT molecular complexity index is 294. The normalized spacial score (nSPS) is 12.6. The molecule has 0 saturated carbocycles. The van der Waals surface area contributed by atoms with Crippen molar-refractivity contribution in [1.82, 2.24) is 5.32 Å². The number of rotatable bonds is 8. The topological polar surface area (TPSA) is 21.3 Å². The second-order valence-electron chi connectivity index (χ2n) is 4.48. The zero-order chi connectivity index (χ0) is 12.5. The average molecular weight is 235 g/mol. The number of hydrogen-bond acceptors (Lipinski definition) is 2. The Kier molecular flexibility index (Phi) is 6.90. The van der Waals surface area contributed by atoms with Crippen LogP contribution in [0.25, 0.3) is 0 Å². The van der Waals surface area contributed by atoms with Gasteiger partial charge in [-0.05, 0) is 36.9 Å². The van der Waals surface area contributed by atoms with Crippen LogP contribution in [-0.2, 0) is 11.3 Å². The SMILES string of the molecule is CCCNCC(C)c1ccc(COCC)cc1. The lowest BCUT2D eigenvalue weighted by Crippen LogP contribution is -2.20. The number of benzene rings is 1. The van der Waals surface area contributed by atoms with Crippen molar-refractivity contribution in [2.75, 3.05) is 19.7 Å². The Morgan fingerprint density at radius 3 is 2.47 bits per heavy atom. The summed E-state index contributed by atoms with van der Waals surface area (Å²) in [4.78, 5) is 0. The van der Waals surface area contributed by atoms with Crippen molar-refractivity contribution in [3.8, 4) is 0 Å². The maximum atomic E-state index is 5.39. The first kappa shape index (κ1) is 14.2. The predicted octanol–water partition coefficient (Wildman–Crippen LogP) is 3.33. The van der Waals surface area contributed by atoms with E-state index in [0.29, 0.717) is 5.92 Å². The lowest BCUT2D eigenvalue weighted by Gasteiger charge is -2.13. The summed E-state index contributed by atoms with van der Waals surface area (Å²) in [5.41, 5.74) is 2.65. The molecule has 0 aliphatic heterocycles. The van der Waals surface area contributed by atoms with Gasteiger partial charge in [0.2, 0.25) is 0 Å². The van der Waals surface area contributed by atoms with Crippen LogP contribution in [0.1, 0.15) is 44.2 Å². The number of nitrogens with one attached hydrogen (secondary N) is 1. The summed E-state index contributed by atoms with van der Waals surface area (Å²) in [5.74, 6) is 0.572. The molecule has 2 nitrogen and oxygen atoms in total. The molecule has 17 heavy (non-hydrogen) atoms. The lowest BCUT2D eigenvalue weighted by atomic mass is 10.00. The largest absolute Gasteiger partial charge is 0.377 e. The van der Waals surface area contributed by atoms with Gasteiger partial charge in [0.25, 0.3) is 0 Å². The molecule has 1 aromatic carbocycles. The van der Waals surface area contributed by atoms with Crippen molar-refractivity contribution in [1.29, 1.82) is 0 Å². The molecule has 0 saturated heterocycles. The van der Waals surface area contributed by atoms with Crippen LogP contribution in [0.3, 0.4) is 0 Å². The molecule has 0 aliphatic rings. The van der Waals surface area contributed by atoms with Crippen LogP contribution >= 0.6 is 0 Å². The standard InChI is InChI=1S/C15H25NO/c1-4-10-16-11-13(3)15-8-6-14(7-9-15)12-17-5-2/h6-9,13,16H,4-5,10-12H2,1-3H3. The molecule has 1 unspecified atom stereocenters. The Morgan fingerprint density at radius 1 is 1.18 bits per heavy atom. The Labute approximate surface area is 105 Å². The fourth-order valence-electron chi connectivity index (χ4n) is 1.78. The van der Waals surface area contributed by atoms with Gasteiger partial charge in [-0.25, -0.2) is 0 Å². The van der Waals surface area contributed by atoms with E-state index >= 15 is 0 Å². The summed E-state index contributed by atoms with van der Waals surface area (Å²) in [5, 5.41) is 3.46. The molecule has 0 fully saturated rings. The van der Waals surface area contributed by atoms with Crippen LogP contribution < -0.4 is 5.32 Å². The van der Waals surface area contributed by atoms with E-state index in [2.05, 4.69) is 43.4 Å². The second kappa shape index (κ2) is 8.26. The maximum absolute atomic E-state index is 5.39. The van der Waals surface area contributed by atoms with Gasteiger partial charge in [0.15, 0.2) is 0 Å². The molecule has 0 aromatic heterocycles. The van der Waals surface area contributed by atoms with Gasteiger partial charge in [-0.3, -0.25) is 0 Å². The van der Waals surface area contributed by atoms with Gasteiger partial charge in [0.1, 0.15) is 0 Å². The van der Waals surface area contributed by atoms with Gasteiger partial charge in [-0.15, -0.1) is 0 Å². The van der Waals surface area contributed by atoms with E-state index in [-0.39, 0.29) is 0 Å². The van der Waals surface area contributed by atoms with Crippen LogP contribution in [0.4, 0.5) is 0 Å². The van der Waals surface area contributed by atoms with E-state index < -0.39 is 0 Å². The van der Waals surface area contributed by atoms with Crippen molar-refractivity contribution in [2.24, 2.45) is 0 Å². The molecule has 0 bridgehead atoms. The Morgan fingerprint density at radius 2 is 1.88 bits per heavy atom. The fourth-order valence-corrected chi connectivity index (χ4v) is 1.78. The van der Waals surface area contributed by atoms with E-state index in [1.807, 2.05) is 6.92 Å². The van der Waals surface area contributed by atoms with Crippen LogP contribution in [0, 0.1) is 0 Å². The third-order valence-corrected chi connectivity index (χ3v) is 2.90. The molecule has 0 spiro atoms. The smallest absolute Gasteiger partial charge is 0.0716 e. The minimum atomic E-state index is 0.572. The van der Waals surface area contributed by atoms with Crippen molar-refractivity contribution < 1.29 is 4.74 Å². The number of hydrogen-bond donors (Lipinski definition) is 1. The lowest BCUT2D eigenvalue weighted by molar-refractivity contribution is 0.134. The first-order chi connectivity index (χ1) is 8.27. The molecular weight excluding hydrogens is 210 g/mol. The average Bonchev–Trinajstić information content (AvgIpc) is 2.37. The van der Waals surface area contributed by atoms with Crippen LogP contribution in [0.2, 0.25) is 0 Å². The highest BCUT2D eigenvalue weighted by Crippen LogP contribution is 2.15. The monoisotopic (exact) mass is 235 g/mol. The van der Waals surface area contributed by atoms with E-state index in [1.54, 1.807) is 0 Å². The first-order valence-corrected chi connectivity index (χ1v) is 6.65. The summed E-state index contributed by atoms with van der Waals surface area (Å²) in [6.07, 6.45) is 1.19. The highest BCUT2D eigenvalue weighted by molar-refractivity contribution is 5.24. The maximum Gasteiger partial charge on any atom is 0.0716 e. The molecule has 1 N–H and O–H groups in total. The van der Waals surface area contributed by atoms with Gasteiger partial charge in [0, 0.05) is 13.2 Å². The number of ether oxygens (including phenoxy) is 1. The summed E-state index contributed by atoms with van der Waals surface area (Å²) < 4.78 is 5.39. The first-order valence-electron chi connectivity index (χ1n) is 6.65. The quantitative estimate of drug-likeness (QED) is 0.698. The van der Waals surface area contributed by atoms with Gasteiger partial charge >= 0.3 is 0 Å². The highest BCUT2D eigenvalue weighted by Gasteiger charge is 2.04. The van der Waals surface area contributed by atoms with Crippen molar-refractivity contribution >= 4 is 0 Å². The van der Waals surface area contributed by atoms with Crippen molar-refractivity contribution in [3.63, 3.8) is 0 Å². The van der Waals surface area contributed by atoms with E-state index in [0.717, 1.165) is 26.3 Å². The molecule has 0 radical (unpaired) electrons. The van der Waals surface area contributed by atoms with Crippen LogP contribution in [0.15, 0.2) is 24.3 Å². The molecule has 1 rings (SSSR count). The van der Waals surface area contributed by atoms with Crippen LogP contribution in [0.5, 0.6) is 0 Å². The summed E-state index contributed by atoms with van der Waals surface area (Å²) in [7, 11) is 0. The minimum absolute atomic E-state index is 0.572. The zero-order valence-corrected chi connectivity index (χ0v) is 11.3. The van der Waals surface area contributed by atoms with Gasteiger partial charge < -0.3 is 10.1 Å². The van der Waals surface area contributed by atoms with Crippen molar-refractivity contribution in [3.05, 3.63) is 35.4 Å². The Balaban J connectivity index is 2.43. The zero-order valence-electron chi connectivity index (χ0n) is 11.3.